The van der Waals surface area contributed by atoms with Crippen molar-refractivity contribution >= 4 is 11.9 Å². The van der Waals surface area contributed by atoms with E-state index in [-0.39, 0.29) is 11.9 Å². The van der Waals surface area contributed by atoms with Crippen LogP contribution in [0.1, 0.15) is 59.1 Å². The van der Waals surface area contributed by atoms with Gasteiger partial charge < -0.3 is 14.8 Å². The van der Waals surface area contributed by atoms with E-state index in [0.29, 0.717) is 12.8 Å². The van der Waals surface area contributed by atoms with Crippen LogP contribution >= 0.6 is 0 Å². The summed E-state index contributed by atoms with van der Waals surface area (Å²) < 4.78 is 11.1. The molecule has 1 aromatic carbocycles. The molecule has 0 saturated carbocycles. The second-order valence-electron chi connectivity index (χ2n) is 9.03. The highest BCUT2D eigenvalue weighted by atomic mass is 16.6. The predicted molar refractivity (Wildman–Crippen MR) is 108 cm³/mol. The molecular weight excluding hydrogens is 342 g/mol. The van der Waals surface area contributed by atoms with Crippen LogP contribution in [-0.2, 0) is 25.5 Å². The number of hydrogen-bond donors (Lipinski definition) is 1. The van der Waals surface area contributed by atoms with E-state index in [9.17, 15) is 9.59 Å². The fraction of sp³-hybridized carbons (Fsp3) is 0.636. The first-order chi connectivity index (χ1) is 12.3. The van der Waals surface area contributed by atoms with Gasteiger partial charge in [0.05, 0.1) is 5.92 Å². The van der Waals surface area contributed by atoms with E-state index < -0.39 is 23.2 Å². The molecule has 0 heterocycles. The zero-order valence-electron chi connectivity index (χ0n) is 18.0. The van der Waals surface area contributed by atoms with Gasteiger partial charge in [0.2, 0.25) is 0 Å². The summed E-state index contributed by atoms with van der Waals surface area (Å²) in [7, 11) is 1.70. The van der Waals surface area contributed by atoms with Gasteiger partial charge in [-0.05, 0) is 73.9 Å². The first kappa shape index (κ1) is 23.2. The number of esters is 2. The van der Waals surface area contributed by atoms with Crippen molar-refractivity contribution in [1.82, 2.24) is 5.32 Å². The molecular formula is C22H35NO4. The Morgan fingerprint density at radius 1 is 0.926 bits per heavy atom. The van der Waals surface area contributed by atoms with Gasteiger partial charge in [0.15, 0.2) is 0 Å². The number of benzene rings is 1. The van der Waals surface area contributed by atoms with Crippen molar-refractivity contribution in [1.29, 1.82) is 0 Å². The Hall–Kier alpha value is -1.88. The van der Waals surface area contributed by atoms with Gasteiger partial charge in [-0.2, -0.15) is 0 Å². The molecule has 0 spiro atoms. The largest absolute Gasteiger partial charge is 0.460 e. The second kappa shape index (κ2) is 9.36. The summed E-state index contributed by atoms with van der Waals surface area (Å²) in [6.07, 6.45) is 0.824. The molecule has 0 aromatic heterocycles. The molecule has 1 rings (SSSR count). The summed E-state index contributed by atoms with van der Waals surface area (Å²) in [5, 5.41) is 2.99. The Labute approximate surface area is 163 Å². The average Bonchev–Trinajstić information content (AvgIpc) is 2.49. The molecule has 1 aromatic rings. The van der Waals surface area contributed by atoms with E-state index in [2.05, 4.69) is 5.32 Å². The van der Waals surface area contributed by atoms with Crippen molar-refractivity contribution in [2.75, 3.05) is 7.05 Å². The van der Waals surface area contributed by atoms with Gasteiger partial charge in [-0.15, -0.1) is 0 Å². The molecule has 0 amide bonds. The van der Waals surface area contributed by atoms with Crippen LogP contribution in [0.15, 0.2) is 24.3 Å². The van der Waals surface area contributed by atoms with Gasteiger partial charge in [-0.1, -0.05) is 29.8 Å². The highest BCUT2D eigenvalue weighted by molar-refractivity contribution is 5.79. The maximum Gasteiger partial charge on any atom is 0.323 e. The van der Waals surface area contributed by atoms with Crippen LogP contribution in [0.5, 0.6) is 0 Å². The van der Waals surface area contributed by atoms with Crippen molar-refractivity contribution in [3.05, 3.63) is 35.4 Å². The third-order valence-electron chi connectivity index (χ3n) is 3.90. The summed E-state index contributed by atoms with van der Waals surface area (Å²) in [5.41, 5.74) is 1.04. The number of carbonyl (C=O) groups is 2. The summed E-state index contributed by atoms with van der Waals surface area (Å²) in [4.78, 5) is 25.3. The molecule has 2 atom stereocenters. The SMILES string of the molecule is CNC(C[C@H](Cc1ccc(C)cc1)C(=O)OC(C)(C)C)C(=O)OC(C)(C)C. The minimum Gasteiger partial charge on any atom is -0.460 e. The van der Waals surface area contributed by atoms with Crippen molar-refractivity contribution < 1.29 is 19.1 Å². The first-order valence-electron chi connectivity index (χ1n) is 9.49. The predicted octanol–water partition coefficient (Wildman–Crippen LogP) is 3.82. The van der Waals surface area contributed by atoms with Gasteiger partial charge >= 0.3 is 11.9 Å². The molecule has 1 unspecified atom stereocenters. The maximum atomic E-state index is 12.8. The molecule has 27 heavy (non-hydrogen) atoms. The number of likely N-dealkylation sites (N-methyl/N-ethyl adjacent to an activating group) is 1. The Balaban J connectivity index is 2.99. The van der Waals surface area contributed by atoms with E-state index in [0.717, 1.165) is 11.1 Å². The molecule has 0 bridgehead atoms. The fourth-order valence-electron chi connectivity index (χ4n) is 2.65. The monoisotopic (exact) mass is 377 g/mol. The lowest BCUT2D eigenvalue weighted by Gasteiger charge is -2.28. The first-order valence-corrected chi connectivity index (χ1v) is 9.49. The number of aryl methyl sites for hydroxylation is 1. The van der Waals surface area contributed by atoms with Crippen molar-refractivity contribution in [2.24, 2.45) is 5.92 Å². The third-order valence-corrected chi connectivity index (χ3v) is 3.90. The van der Waals surface area contributed by atoms with Gasteiger partial charge in [-0.3, -0.25) is 9.59 Å². The highest BCUT2D eigenvalue weighted by Crippen LogP contribution is 2.21. The summed E-state index contributed by atoms with van der Waals surface area (Å²) in [6, 6.07) is 7.48. The smallest absolute Gasteiger partial charge is 0.323 e. The number of nitrogens with one attached hydrogen (secondary N) is 1. The minimum absolute atomic E-state index is 0.299. The molecule has 5 nitrogen and oxygen atoms in total. The summed E-state index contributed by atoms with van der Waals surface area (Å²) >= 11 is 0. The summed E-state index contributed by atoms with van der Waals surface area (Å²) in [6.45, 7) is 13.0. The number of ether oxygens (including phenoxy) is 2. The van der Waals surface area contributed by atoms with Crippen LogP contribution in [0.4, 0.5) is 0 Å². The standard InChI is InChI=1S/C22H35NO4/c1-15-9-11-16(12-10-15)13-17(19(24)26-21(2,3)4)14-18(23-8)20(25)27-22(5,6)7/h9-12,17-18,23H,13-14H2,1-8H3/t17-,18?/m0/s1. The molecule has 0 aliphatic carbocycles. The molecule has 0 radical (unpaired) electrons. The molecule has 0 saturated heterocycles. The molecule has 0 aliphatic heterocycles. The fourth-order valence-corrected chi connectivity index (χ4v) is 2.65. The zero-order chi connectivity index (χ0) is 20.8. The zero-order valence-corrected chi connectivity index (χ0v) is 18.0. The van der Waals surface area contributed by atoms with Crippen LogP contribution in [0.25, 0.3) is 0 Å². The Kier molecular flexibility index (Phi) is 8.03. The average molecular weight is 378 g/mol. The van der Waals surface area contributed by atoms with E-state index in [1.165, 1.54) is 0 Å². The molecule has 152 valence electrons. The van der Waals surface area contributed by atoms with Crippen LogP contribution in [0, 0.1) is 12.8 Å². The second-order valence-corrected chi connectivity index (χ2v) is 9.03. The quantitative estimate of drug-likeness (QED) is 0.732. The molecule has 1 N–H and O–H groups in total. The molecule has 5 heteroatoms. The Morgan fingerprint density at radius 3 is 1.85 bits per heavy atom. The van der Waals surface area contributed by atoms with E-state index in [1.54, 1.807) is 7.05 Å². The lowest BCUT2D eigenvalue weighted by molar-refractivity contribution is -0.162. The minimum atomic E-state index is -0.580. The lowest BCUT2D eigenvalue weighted by atomic mass is 9.92. The summed E-state index contributed by atoms with van der Waals surface area (Å²) in [5.74, 6) is -1.11. The number of rotatable bonds is 7. The van der Waals surface area contributed by atoms with Gasteiger partial charge in [0, 0.05) is 0 Å². The van der Waals surface area contributed by atoms with Crippen LogP contribution in [0.2, 0.25) is 0 Å². The van der Waals surface area contributed by atoms with Gasteiger partial charge in [0.25, 0.3) is 0 Å². The van der Waals surface area contributed by atoms with Crippen molar-refractivity contribution in [3.63, 3.8) is 0 Å². The molecule has 0 aliphatic rings. The Morgan fingerprint density at radius 2 is 1.41 bits per heavy atom. The highest BCUT2D eigenvalue weighted by Gasteiger charge is 2.32. The lowest BCUT2D eigenvalue weighted by Crippen LogP contribution is -2.43. The van der Waals surface area contributed by atoms with E-state index >= 15 is 0 Å². The Bertz CT molecular complexity index is 623. The van der Waals surface area contributed by atoms with Crippen LogP contribution < -0.4 is 5.32 Å². The normalized spacial score (nSPS) is 14.4. The van der Waals surface area contributed by atoms with E-state index in [1.807, 2.05) is 72.7 Å². The number of hydrogen-bond acceptors (Lipinski definition) is 5. The van der Waals surface area contributed by atoms with Gasteiger partial charge in [0.1, 0.15) is 17.2 Å². The topological polar surface area (TPSA) is 64.6 Å². The van der Waals surface area contributed by atoms with Crippen LogP contribution in [0.3, 0.4) is 0 Å². The maximum absolute atomic E-state index is 12.8. The van der Waals surface area contributed by atoms with Gasteiger partial charge in [-0.25, -0.2) is 0 Å². The van der Waals surface area contributed by atoms with E-state index in [4.69, 9.17) is 9.47 Å². The van der Waals surface area contributed by atoms with Crippen LogP contribution in [-0.4, -0.2) is 36.2 Å². The number of carbonyl (C=O) groups excluding carboxylic acids is 2. The third kappa shape index (κ3) is 9.05. The van der Waals surface area contributed by atoms with Crippen molar-refractivity contribution in [3.8, 4) is 0 Å². The molecule has 0 fully saturated rings. The van der Waals surface area contributed by atoms with Crippen molar-refractivity contribution in [2.45, 2.75) is 78.6 Å².